The average Bonchev–Trinajstić information content (AvgIpc) is 2.83. The molecule has 0 radical (unpaired) electrons. The molecule has 1 amide bonds. The molecule has 2 rings (SSSR count). The minimum absolute atomic E-state index is 0.0374. The van der Waals surface area contributed by atoms with E-state index in [1.165, 1.54) is 30.0 Å². The number of carbonyl (C=O) groups excluding carboxylic acids is 2. The summed E-state index contributed by atoms with van der Waals surface area (Å²) >= 11 is 5.87. The molecule has 0 fully saturated rings. The highest BCUT2D eigenvalue weighted by molar-refractivity contribution is 6.31. The number of anilines is 2. The fourth-order valence-electron chi connectivity index (χ4n) is 1.71. The molecule has 110 valence electrons. The van der Waals surface area contributed by atoms with E-state index in [0.29, 0.717) is 10.8 Å². The van der Waals surface area contributed by atoms with Crippen molar-refractivity contribution in [3.63, 3.8) is 0 Å². The molecule has 1 aromatic heterocycles. The molecule has 0 bridgehead atoms. The number of nitrogens with one attached hydrogen (secondary N) is 1. The second-order valence-corrected chi connectivity index (χ2v) is 4.60. The summed E-state index contributed by atoms with van der Waals surface area (Å²) in [5.74, 6) is -0.614. The van der Waals surface area contributed by atoms with Gasteiger partial charge in [0.05, 0.1) is 18.4 Å². The van der Waals surface area contributed by atoms with Gasteiger partial charge in [0, 0.05) is 11.2 Å². The number of nitrogens with two attached hydrogens (primary N) is 1. The van der Waals surface area contributed by atoms with Crippen molar-refractivity contribution in [2.24, 2.45) is 0 Å². The second kappa shape index (κ2) is 6.27. The van der Waals surface area contributed by atoms with Gasteiger partial charge in [-0.25, -0.2) is 4.79 Å². The number of esters is 1. The molecule has 0 aliphatic carbocycles. The number of nitrogen functional groups attached to an aromatic ring is 1. The van der Waals surface area contributed by atoms with Crippen molar-refractivity contribution >= 4 is 35.0 Å². The smallest absolute Gasteiger partial charge is 0.339 e. The molecule has 2 aromatic rings. The number of methoxy groups -OCH3 is 1. The Morgan fingerprint density at radius 3 is 2.81 bits per heavy atom. The Balaban J connectivity index is 2.16. The van der Waals surface area contributed by atoms with Crippen molar-refractivity contribution in [1.29, 1.82) is 0 Å². The summed E-state index contributed by atoms with van der Waals surface area (Å²) in [6.45, 7) is -0.0374. The van der Waals surface area contributed by atoms with Crippen molar-refractivity contribution in [2.45, 2.75) is 6.54 Å². The Morgan fingerprint density at radius 1 is 1.43 bits per heavy atom. The first kappa shape index (κ1) is 14.9. The van der Waals surface area contributed by atoms with Gasteiger partial charge in [0.1, 0.15) is 12.4 Å². The molecule has 1 aromatic carbocycles. The predicted octanol–water partition coefficient (Wildman–Crippen LogP) is 1.54. The van der Waals surface area contributed by atoms with Gasteiger partial charge in [0.2, 0.25) is 5.91 Å². The molecule has 0 aliphatic rings. The van der Waals surface area contributed by atoms with E-state index in [1.54, 1.807) is 12.3 Å². The quantitative estimate of drug-likeness (QED) is 0.835. The van der Waals surface area contributed by atoms with E-state index in [2.05, 4.69) is 15.2 Å². The number of hydrogen-bond donors (Lipinski definition) is 2. The topological polar surface area (TPSA) is 99.2 Å². The van der Waals surface area contributed by atoms with Gasteiger partial charge < -0.3 is 15.8 Å². The van der Waals surface area contributed by atoms with Crippen LogP contribution in [-0.2, 0) is 16.1 Å². The van der Waals surface area contributed by atoms with Crippen LogP contribution in [0, 0.1) is 0 Å². The molecule has 0 saturated heterocycles. The summed E-state index contributed by atoms with van der Waals surface area (Å²) in [5.41, 5.74) is 5.96. The summed E-state index contributed by atoms with van der Waals surface area (Å²) < 4.78 is 6.03. The van der Waals surface area contributed by atoms with Gasteiger partial charge in [-0.2, -0.15) is 5.10 Å². The number of halogens is 1. The van der Waals surface area contributed by atoms with E-state index in [-0.39, 0.29) is 23.7 Å². The van der Waals surface area contributed by atoms with Crippen molar-refractivity contribution in [3.05, 3.63) is 41.0 Å². The van der Waals surface area contributed by atoms with Crippen molar-refractivity contribution < 1.29 is 14.3 Å². The summed E-state index contributed by atoms with van der Waals surface area (Å²) in [5, 5.41) is 6.89. The van der Waals surface area contributed by atoms with Gasteiger partial charge in [-0.3, -0.25) is 9.48 Å². The van der Waals surface area contributed by atoms with Crippen LogP contribution in [-0.4, -0.2) is 28.8 Å². The van der Waals surface area contributed by atoms with Gasteiger partial charge in [0.15, 0.2) is 0 Å². The lowest BCUT2D eigenvalue weighted by Gasteiger charge is -2.10. The summed E-state index contributed by atoms with van der Waals surface area (Å²) in [7, 11) is 1.26. The minimum Gasteiger partial charge on any atom is -0.465 e. The van der Waals surface area contributed by atoms with Crippen LogP contribution in [0.3, 0.4) is 0 Å². The number of nitrogens with zero attached hydrogens (tertiary/aromatic N) is 2. The summed E-state index contributed by atoms with van der Waals surface area (Å²) in [6, 6.07) is 6.07. The van der Waals surface area contributed by atoms with E-state index in [9.17, 15) is 9.59 Å². The number of benzene rings is 1. The first-order valence-corrected chi connectivity index (χ1v) is 6.34. The number of aromatic nitrogens is 2. The largest absolute Gasteiger partial charge is 0.465 e. The van der Waals surface area contributed by atoms with E-state index >= 15 is 0 Å². The Morgan fingerprint density at radius 2 is 2.19 bits per heavy atom. The minimum atomic E-state index is -0.565. The third-order valence-electron chi connectivity index (χ3n) is 2.63. The lowest BCUT2D eigenvalue weighted by Crippen LogP contribution is -2.21. The van der Waals surface area contributed by atoms with E-state index in [1.807, 2.05) is 0 Å². The third-order valence-corrected chi connectivity index (χ3v) is 2.86. The van der Waals surface area contributed by atoms with Gasteiger partial charge in [0.25, 0.3) is 0 Å². The SMILES string of the molecule is COC(=O)c1ccc(Cl)cc1NC(=O)Cn1ccc(N)n1. The molecule has 1 heterocycles. The maximum absolute atomic E-state index is 12.0. The number of ether oxygens (including phenoxy) is 1. The standard InChI is InChI=1S/C13H13ClN4O3/c1-21-13(20)9-3-2-8(14)6-10(9)16-12(19)7-18-5-4-11(15)17-18/h2-6H,7H2,1H3,(H2,15,17)(H,16,19). The summed E-state index contributed by atoms with van der Waals surface area (Å²) in [4.78, 5) is 23.6. The normalized spacial score (nSPS) is 10.2. The van der Waals surface area contributed by atoms with Gasteiger partial charge in [-0.15, -0.1) is 0 Å². The highest BCUT2D eigenvalue weighted by atomic mass is 35.5. The first-order chi connectivity index (χ1) is 9.99. The van der Waals surface area contributed by atoms with Crippen LogP contribution in [0.4, 0.5) is 11.5 Å². The van der Waals surface area contributed by atoms with Crippen molar-refractivity contribution in [3.8, 4) is 0 Å². The lowest BCUT2D eigenvalue weighted by molar-refractivity contribution is -0.116. The molecular formula is C13H13ClN4O3. The Labute approximate surface area is 125 Å². The van der Waals surface area contributed by atoms with Gasteiger partial charge in [-0.1, -0.05) is 11.6 Å². The van der Waals surface area contributed by atoms with Gasteiger partial charge in [-0.05, 0) is 24.3 Å². The zero-order chi connectivity index (χ0) is 15.4. The fraction of sp³-hybridized carbons (Fsp3) is 0.154. The van der Waals surface area contributed by atoms with E-state index < -0.39 is 5.97 Å². The van der Waals surface area contributed by atoms with Crippen LogP contribution in [0.1, 0.15) is 10.4 Å². The molecule has 7 nitrogen and oxygen atoms in total. The van der Waals surface area contributed by atoms with Crippen LogP contribution < -0.4 is 11.1 Å². The number of hydrogen-bond acceptors (Lipinski definition) is 5. The predicted molar refractivity (Wildman–Crippen MR) is 78.1 cm³/mol. The zero-order valence-electron chi connectivity index (χ0n) is 11.2. The maximum atomic E-state index is 12.0. The van der Waals surface area contributed by atoms with Crippen molar-refractivity contribution in [2.75, 3.05) is 18.2 Å². The van der Waals surface area contributed by atoms with E-state index in [4.69, 9.17) is 17.3 Å². The Bertz CT molecular complexity index is 684. The first-order valence-electron chi connectivity index (χ1n) is 5.96. The number of amides is 1. The molecule has 0 atom stereocenters. The zero-order valence-corrected chi connectivity index (χ0v) is 11.9. The molecule has 0 aliphatic heterocycles. The van der Waals surface area contributed by atoms with Gasteiger partial charge >= 0.3 is 5.97 Å². The molecule has 0 spiro atoms. The Kier molecular flexibility index (Phi) is 4.44. The van der Waals surface area contributed by atoms with Crippen LogP contribution in [0.15, 0.2) is 30.5 Å². The lowest BCUT2D eigenvalue weighted by atomic mass is 10.2. The maximum Gasteiger partial charge on any atom is 0.339 e. The van der Waals surface area contributed by atoms with Crippen molar-refractivity contribution in [1.82, 2.24) is 9.78 Å². The molecule has 8 heteroatoms. The third kappa shape index (κ3) is 3.73. The fourth-order valence-corrected chi connectivity index (χ4v) is 1.88. The van der Waals surface area contributed by atoms with Crippen LogP contribution in [0.25, 0.3) is 0 Å². The van der Waals surface area contributed by atoms with E-state index in [0.717, 1.165) is 0 Å². The summed E-state index contributed by atoms with van der Waals surface area (Å²) in [6.07, 6.45) is 1.58. The number of carbonyl (C=O) groups is 2. The molecule has 3 N–H and O–H groups in total. The molecular weight excluding hydrogens is 296 g/mol. The monoisotopic (exact) mass is 308 g/mol. The number of rotatable bonds is 4. The molecule has 21 heavy (non-hydrogen) atoms. The highest BCUT2D eigenvalue weighted by Gasteiger charge is 2.14. The van der Waals surface area contributed by atoms with Crippen LogP contribution >= 0.6 is 11.6 Å². The average molecular weight is 309 g/mol. The second-order valence-electron chi connectivity index (χ2n) is 4.17. The van der Waals surface area contributed by atoms with Crippen LogP contribution in [0.5, 0.6) is 0 Å². The molecule has 0 unspecified atom stereocenters. The van der Waals surface area contributed by atoms with Crippen LogP contribution in [0.2, 0.25) is 5.02 Å². The highest BCUT2D eigenvalue weighted by Crippen LogP contribution is 2.22. The Hall–Kier alpha value is -2.54. The molecule has 0 saturated carbocycles.